The van der Waals surface area contributed by atoms with E-state index >= 15 is 0 Å². The van der Waals surface area contributed by atoms with Gasteiger partial charge in [-0.25, -0.2) is 0 Å². The molecule has 2 heterocycles. The average Bonchev–Trinajstić information content (AvgIpc) is 3.09. The molecule has 0 aliphatic carbocycles. The molecule has 3 aromatic rings. The third kappa shape index (κ3) is 3.33. The van der Waals surface area contributed by atoms with E-state index in [1.165, 1.54) is 0 Å². The van der Waals surface area contributed by atoms with E-state index in [4.69, 9.17) is 4.42 Å². The van der Waals surface area contributed by atoms with Crippen molar-refractivity contribution in [3.63, 3.8) is 0 Å². The number of fused-ring (bicyclic) bond motifs is 1. The first-order chi connectivity index (χ1) is 11.4. The second-order valence-corrected chi connectivity index (χ2v) is 6.49. The number of aryl methyl sites for hydroxylation is 1. The number of rotatable bonds is 5. The van der Waals surface area contributed by atoms with Crippen molar-refractivity contribution in [2.75, 3.05) is 24.3 Å². The van der Waals surface area contributed by atoms with Crippen LogP contribution >= 0.6 is 11.3 Å². The van der Waals surface area contributed by atoms with Crippen LogP contribution in [0.15, 0.2) is 32.8 Å². The van der Waals surface area contributed by atoms with E-state index in [-0.39, 0.29) is 17.2 Å². The van der Waals surface area contributed by atoms with Gasteiger partial charge in [-0.2, -0.15) is 4.98 Å². The first kappa shape index (κ1) is 16.3. The van der Waals surface area contributed by atoms with Crippen molar-refractivity contribution in [1.82, 2.24) is 9.55 Å². The molecule has 0 aliphatic heterocycles. The lowest BCUT2D eigenvalue weighted by Gasteiger charge is -2.06. The van der Waals surface area contributed by atoms with E-state index in [1.807, 2.05) is 21.0 Å². The lowest BCUT2D eigenvalue weighted by molar-refractivity contribution is -0.116. The van der Waals surface area contributed by atoms with E-state index in [0.717, 1.165) is 17.0 Å². The zero-order valence-corrected chi connectivity index (χ0v) is 14.5. The summed E-state index contributed by atoms with van der Waals surface area (Å²) in [5.41, 5.74) is 2.87. The summed E-state index contributed by atoms with van der Waals surface area (Å²) in [7, 11) is 3.70. The summed E-state index contributed by atoms with van der Waals surface area (Å²) >= 11 is 1.15. The Bertz CT molecular complexity index is 938. The van der Waals surface area contributed by atoms with E-state index in [2.05, 4.69) is 10.3 Å². The molecule has 2 aromatic heterocycles. The number of hydrogen-bond donors (Lipinski definition) is 1. The summed E-state index contributed by atoms with van der Waals surface area (Å²) in [5.74, 6) is -0.150. The molecule has 0 spiro atoms. The molecule has 0 atom stereocenters. The molecule has 0 saturated heterocycles. The number of amides is 1. The molecule has 24 heavy (non-hydrogen) atoms. The van der Waals surface area contributed by atoms with Crippen molar-refractivity contribution in [2.45, 2.75) is 19.9 Å². The van der Waals surface area contributed by atoms with E-state index in [9.17, 15) is 9.59 Å². The number of carbonyl (C=O) groups excluding carboxylic acids is 1. The maximum atomic E-state index is 12.1. The number of oxazole rings is 1. The van der Waals surface area contributed by atoms with Crippen LogP contribution in [0.2, 0.25) is 0 Å². The Balaban J connectivity index is 1.68. The fourth-order valence-electron chi connectivity index (χ4n) is 2.30. The van der Waals surface area contributed by atoms with Crippen molar-refractivity contribution < 1.29 is 9.21 Å². The summed E-state index contributed by atoms with van der Waals surface area (Å²) in [5, 5.41) is 4.62. The number of aromatic nitrogens is 2. The van der Waals surface area contributed by atoms with Gasteiger partial charge >= 0.3 is 4.87 Å². The summed E-state index contributed by atoms with van der Waals surface area (Å²) in [6.07, 6.45) is 0.233. The molecule has 0 unspecified atom stereocenters. The van der Waals surface area contributed by atoms with Crippen LogP contribution in [-0.2, 0) is 11.3 Å². The first-order valence-corrected chi connectivity index (χ1v) is 8.34. The Morgan fingerprint density at radius 3 is 2.88 bits per heavy atom. The second kappa shape index (κ2) is 6.48. The van der Waals surface area contributed by atoms with Crippen molar-refractivity contribution in [2.24, 2.45) is 0 Å². The molecular formula is C16H18N4O3S. The molecular weight excluding hydrogens is 328 g/mol. The number of carbonyl (C=O) groups is 1. The van der Waals surface area contributed by atoms with Gasteiger partial charge in [0.25, 0.3) is 6.01 Å². The van der Waals surface area contributed by atoms with Crippen LogP contribution in [0.25, 0.3) is 11.1 Å². The molecule has 7 nitrogen and oxygen atoms in total. The van der Waals surface area contributed by atoms with Gasteiger partial charge in [0.2, 0.25) is 5.91 Å². The van der Waals surface area contributed by atoms with Crippen LogP contribution < -0.4 is 15.1 Å². The predicted octanol–water partition coefficient (Wildman–Crippen LogP) is 2.45. The third-order valence-electron chi connectivity index (χ3n) is 3.58. The van der Waals surface area contributed by atoms with Gasteiger partial charge < -0.3 is 19.2 Å². The molecule has 1 N–H and O–H groups in total. The third-order valence-corrected chi connectivity index (χ3v) is 4.46. The maximum absolute atomic E-state index is 12.1. The summed E-state index contributed by atoms with van der Waals surface area (Å²) in [4.78, 5) is 29.8. The van der Waals surface area contributed by atoms with Gasteiger partial charge in [-0.1, -0.05) is 11.3 Å². The molecule has 0 aliphatic rings. The molecule has 0 bridgehead atoms. The van der Waals surface area contributed by atoms with Crippen molar-refractivity contribution in [3.8, 4) is 0 Å². The highest BCUT2D eigenvalue weighted by Gasteiger charge is 2.10. The minimum Gasteiger partial charge on any atom is -0.423 e. The molecule has 1 amide bonds. The predicted molar refractivity (Wildman–Crippen MR) is 94.9 cm³/mol. The summed E-state index contributed by atoms with van der Waals surface area (Å²) in [6.45, 7) is 2.23. The van der Waals surface area contributed by atoms with E-state index < -0.39 is 0 Å². The molecule has 8 heteroatoms. The van der Waals surface area contributed by atoms with Crippen molar-refractivity contribution >= 4 is 40.0 Å². The Kier molecular flexibility index (Phi) is 4.39. The maximum Gasteiger partial charge on any atom is 0.307 e. The molecule has 0 radical (unpaired) electrons. The molecule has 1 aromatic carbocycles. The lowest BCUT2D eigenvalue weighted by Crippen LogP contribution is -2.20. The molecule has 0 fully saturated rings. The Labute approximate surface area is 142 Å². The fourth-order valence-corrected chi connectivity index (χ4v) is 3.06. The number of anilines is 2. The largest absolute Gasteiger partial charge is 0.423 e. The van der Waals surface area contributed by atoms with Gasteiger partial charge in [0.15, 0.2) is 5.58 Å². The van der Waals surface area contributed by atoms with Crippen LogP contribution in [0.4, 0.5) is 11.7 Å². The van der Waals surface area contributed by atoms with E-state index in [1.54, 1.807) is 33.0 Å². The minimum absolute atomic E-state index is 0.0412. The SMILES string of the molecule is Cc1csc(=O)n1CCC(=O)Nc1ccc2oc(N(C)C)nc2c1. The van der Waals surface area contributed by atoms with Gasteiger partial charge in [0.1, 0.15) is 5.52 Å². The zero-order valence-electron chi connectivity index (χ0n) is 13.7. The van der Waals surface area contributed by atoms with Gasteiger partial charge in [0, 0.05) is 43.8 Å². The highest BCUT2D eigenvalue weighted by atomic mass is 32.1. The molecule has 126 valence electrons. The highest BCUT2D eigenvalue weighted by Crippen LogP contribution is 2.23. The molecule has 3 rings (SSSR count). The number of thiazole rings is 1. The van der Waals surface area contributed by atoms with Crippen LogP contribution in [0.3, 0.4) is 0 Å². The minimum atomic E-state index is -0.150. The number of benzene rings is 1. The van der Waals surface area contributed by atoms with Gasteiger partial charge in [-0.05, 0) is 25.1 Å². The lowest BCUT2D eigenvalue weighted by atomic mass is 10.2. The molecule has 0 saturated carbocycles. The number of nitrogens with one attached hydrogen (secondary N) is 1. The fraction of sp³-hybridized carbons (Fsp3) is 0.312. The van der Waals surface area contributed by atoms with Crippen LogP contribution in [0.1, 0.15) is 12.1 Å². The Morgan fingerprint density at radius 1 is 1.42 bits per heavy atom. The summed E-state index contributed by atoms with van der Waals surface area (Å²) in [6, 6.07) is 5.83. The topological polar surface area (TPSA) is 80.4 Å². The summed E-state index contributed by atoms with van der Waals surface area (Å²) < 4.78 is 7.18. The van der Waals surface area contributed by atoms with Crippen molar-refractivity contribution in [3.05, 3.63) is 38.9 Å². The van der Waals surface area contributed by atoms with Crippen LogP contribution in [0.5, 0.6) is 0 Å². The quantitative estimate of drug-likeness (QED) is 0.767. The normalized spacial score (nSPS) is 11.0. The standard InChI is InChI=1S/C16H18N4O3S/c1-10-9-24-16(22)20(10)7-6-14(21)17-11-4-5-13-12(8-11)18-15(23-13)19(2)3/h4-5,8-9H,6-7H2,1-3H3,(H,17,21). The average molecular weight is 346 g/mol. The Hall–Kier alpha value is -2.61. The monoisotopic (exact) mass is 346 g/mol. The van der Waals surface area contributed by atoms with Crippen molar-refractivity contribution in [1.29, 1.82) is 0 Å². The second-order valence-electron chi connectivity index (χ2n) is 5.67. The van der Waals surface area contributed by atoms with Gasteiger partial charge in [0.05, 0.1) is 0 Å². The number of hydrogen-bond acceptors (Lipinski definition) is 6. The first-order valence-electron chi connectivity index (χ1n) is 7.47. The van der Waals surface area contributed by atoms with Crippen LogP contribution in [-0.4, -0.2) is 29.6 Å². The zero-order chi connectivity index (χ0) is 17.3. The smallest absolute Gasteiger partial charge is 0.307 e. The highest BCUT2D eigenvalue weighted by molar-refractivity contribution is 7.07. The van der Waals surface area contributed by atoms with Gasteiger partial charge in [-0.15, -0.1) is 0 Å². The van der Waals surface area contributed by atoms with E-state index in [0.29, 0.717) is 29.3 Å². The van der Waals surface area contributed by atoms with Gasteiger partial charge in [-0.3, -0.25) is 9.59 Å². The Morgan fingerprint density at radius 2 is 2.21 bits per heavy atom. The van der Waals surface area contributed by atoms with Crippen LogP contribution in [0, 0.1) is 6.92 Å². The number of nitrogens with zero attached hydrogens (tertiary/aromatic N) is 3.